The first-order valence-electron chi connectivity index (χ1n) is 2.17. The number of H-pyrrole nitrogens is 1. The highest BCUT2D eigenvalue weighted by molar-refractivity contribution is 4.78. The Morgan fingerprint density at radius 3 is 2.88 bits per heavy atom. The van der Waals surface area contributed by atoms with Crippen LogP contribution >= 0.6 is 0 Å². The van der Waals surface area contributed by atoms with E-state index in [9.17, 15) is 4.79 Å². The lowest BCUT2D eigenvalue weighted by Crippen LogP contribution is -1.95. The van der Waals surface area contributed by atoms with Gasteiger partial charge in [-0.05, 0) is 6.92 Å². The highest BCUT2D eigenvalue weighted by atomic mass is 16.5. The largest absolute Gasteiger partial charge is 0.438 e. The van der Waals surface area contributed by atoms with Gasteiger partial charge in [-0.2, -0.15) is 0 Å². The summed E-state index contributed by atoms with van der Waals surface area (Å²) in [5.74, 6) is -0.0429. The fraction of sp³-hybridized carbons (Fsp3) is 0.250. The number of hydrogen-bond acceptors (Lipinski definition) is 3. The number of nitrogens with zero attached hydrogens (tertiary/aromatic N) is 1. The predicted molar refractivity (Wildman–Crippen MR) is 26.2 cm³/mol. The van der Waals surface area contributed by atoms with E-state index in [1.807, 2.05) is 0 Å². The summed E-state index contributed by atoms with van der Waals surface area (Å²) in [5, 5.41) is 3.33. The highest BCUT2D eigenvalue weighted by Gasteiger charge is 1.92. The van der Waals surface area contributed by atoms with Gasteiger partial charge in [-0.25, -0.2) is 4.79 Å². The topological polar surface area (TPSA) is 58.9 Å². The second-order valence-corrected chi connectivity index (χ2v) is 1.29. The van der Waals surface area contributed by atoms with Crippen molar-refractivity contribution in [1.82, 2.24) is 10.1 Å². The Kier molecular flexibility index (Phi) is 1.15. The molecule has 4 nitrogen and oxygen atoms in total. The van der Waals surface area contributed by atoms with Gasteiger partial charge in [0.05, 0.1) is 0 Å². The minimum Gasteiger partial charge on any atom is -0.296 e. The van der Waals surface area contributed by atoms with E-state index in [-0.39, 0.29) is 0 Å². The van der Waals surface area contributed by atoms with Crippen LogP contribution in [0.3, 0.4) is 0 Å². The second kappa shape index (κ2) is 1.81. The molecule has 0 unspecified atom stereocenters. The molecule has 0 fully saturated rings. The van der Waals surface area contributed by atoms with Gasteiger partial charge >= 0.3 is 5.76 Å². The Labute approximate surface area is 45.5 Å². The molecule has 0 saturated heterocycles. The molecule has 0 atom stereocenters. The molecule has 0 spiro atoms. The quantitative estimate of drug-likeness (QED) is 0.545. The molecule has 4 heteroatoms. The van der Waals surface area contributed by atoms with Crippen molar-refractivity contribution in [2.24, 2.45) is 0 Å². The van der Waals surface area contributed by atoms with Crippen LogP contribution < -0.4 is 5.76 Å². The molecule has 0 aliphatic carbocycles. The molecule has 0 aliphatic rings. The van der Waals surface area contributed by atoms with E-state index in [4.69, 9.17) is 0 Å². The number of aromatic amines is 1. The smallest absolute Gasteiger partial charge is 0.296 e. The van der Waals surface area contributed by atoms with E-state index < -0.39 is 5.76 Å². The molecule has 0 amide bonds. The zero-order chi connectivity index (χ0) is 5.98. The van der Waals surface area contributed by atoms with E-state index in [0.717, 1.165) is 0 Å². The molecule has 1 rings (SSSR count). The molecule has 1 radical (unpaired) electrons. The Morgan fingerprint density at radius 2 is 2.62 bits per heavy atom. The van der Waals surface area contributed by atoms with Crippen LogP contribution in [0.4, 0.5) is 0 Å². The molecule has 0 saturated carbocycles. The highest BCUT2D eigenvalue weighted by Crippen LogP contribution is 1.80. The first kappa shape index (κ1) is 5.08. The van der Waals surface area contributed by atoms with Crippen molar-refractivity contribution in [3.63, 3.8) is 0 Å². The molecule has 1 aromatic heterocycles. The van der Waals surface area contributed by atoms with Gasteiger partial charge in [-0.1, -0.05) is 5.16 Å². The lowest BCUT2D eigenvalue weighted by atomic mass is 10.5. The van der Waals surface area contributed by atoms with Crippen molar-refractivity contribution in [3.8, 4) is 0 Å². The first-order chi connectivity index (χ1) is 3.83. The average molecular weight is 113 g/mol. The molecule has 0 bridgehead atoms. The van der Waals surface area contributed by atoms with Gasteiger partial charge in [0.2, 0.25) is 0 Å². The van der Waals surface area contributed by atoms with Crippen molar-refractivity contribution < 1.29 is 4.52 Å². The maximum absolute atomic E-state index is 10.1. The fourth-order valence-corrected chi connectivity index (χ4v) is 0.368. The van der Waals surface area contributed by atoms with E-state index in [0.29, 0.717) is 12.2 Å². The molecule has 43 valence electrons. The standard InChI is InChI=1S/C4H5N2O2/c1-2-3-5-4(7)8-6-3/h1-2H2,(H,5,6,7). The van der Waals surface area contributed by atoms with Gasteiger partial charge in [-0.3, -0.25) is 9.51 Å². The maximum Gasteiger partial charge on any atom is 0.438 e. The fourth-order valence-electron chi connectivity index (χ4n) is 0.368. The molecular weight excluding hydrogens is 108 g/mol. The van der Waals surface area contributed by atoms with Gasteiger partial charge in [-0.15, -0.1) is 0 Å². The number of aromatic nitrogens is 2. The van der Waals surface area contributed by atoms with Crippen molar-refractivity contribution in [3.05, 3.63) is 23.3 Å². The lowest BCUT2D eigenvalue weighted by molar-refractivity contribution is 0.382. The van der Waals surface area contributed by atoms with Crippen LogP contribution in [-0.2, 0) is 6.42 Å². The van der Waals surface area contributed by atoms with Crippen molar-refractivity contribution in [2.45, 2.75) is 6.42 Å². The Hall–Kier alpha value is -1.06. The molecule has 0 aromatic carbocycles. The van der Waals surface area contributed by atoms with Gasteiger partial charge in [0, 0.05) is 6.42 Å². The summed E-state index contributed by atoms with van der Waals surface area (Å²) >= 11 is 0. The SMILES string of the molecule is [CH2]Cc1noc(=O)[nH]1. The van der Waals surface area contributed by atoms with Crippen LogP contribution in [0, 0.1) is 6.92 Å². The number of hydrogen-bond donors (Lipinski definition) is 1. The third-order valence-corrected chi connectivity index (χ3v) is 0.722. The average Bonchev–Trinajstić information content (AvgIpc) is 2.14. The Balaban J connectivity index is 3.01. The van der Waals surface area contributed by atoms with Crippen LogP contribution in [0.25, 0.3) is 0 Å². The summed E-state index contributed by atoms with van der Waals surface area (Å²) in [6.07, 6.45) is 0.450. The zero-order valence-electron chi connectivity index (χ0n) is 4.18. The Bertz CT molecular complexity index is 212. The molecule has 8 heavy (non-hydrogen) atoms. The van der Waals surface area contributed by atoms with E-state index in [2.05, 4.69) is 21.6 Å². The zero-order valence-corrected chi connectivity index (χ0v) is 4.18. The van der Waals surface area contributed by atoms with Crippen LogP contribution in [-0.4, -0.2) is 10.1 Å². The van der Waals surface area contributed by atoms with Crippen LogP contribution in [0.5, 0.6) is 0 Å². The van der Waals surface area contributed by atoms with Crippen LogP contribution in [0.1, 0.15) is 5.82 Å². The third-order valence-electron chi connectivity index (χ3n) is 0.722. The van der Waals surface area contributed by atoms with Crippen molar-refractivity contribution >= 4 is 0 Å². The maximum atomic E-state index is 10.1. The van der Waals surface area contributed by atoms with Crippen LogP contribution in [0.15, 0.2) is 9.32 Å². The summed E-state index contributed by atoms with van der Waals surface area (Å²) in [6.45, 7) is 3.48. The molecule has 1 N–H and O–H groups in total. The molecule has 1 heterocycles. The van der Waals surface area contributed by atoms with Crippen LogP contribution in [0.2, 0.25) is 0 Å². The molecule has 1 aromatic rings. The second-order valence-electron chi connectivity index (χ2n) is 1.29. The van der Waals surface area contributed by atoms with Crippen molar-refractivity contribution in [1.29, 1.82) is 0 Å². The minimum absolute atomic E-state index is 0.450. The van der Waals surface area contributed by atoms with E-state index in [1.165, 1.54) is 0 Å². The predicted octanol–water partition coefficient (Wildman–Crippen LogP) is -0.261. The minimum atomic E-state index is -0.524. The summed E-state index contributed by atoms with van der Waals surface area (Å²) in [5.41, 5.74) is 0. The van der Waals surface area contributed by atoms with Gasteiger partial charge in [0.25, 0.3) is 0 Å². The summed E-state index contributed by atoms with van der Waals surface area (Å²) in [6, 6.07) is 0. The van der Waals surface area contributed by atoms with E-state index >= 15 is 0 Å². The third kappa shape index (κ3) is 0.776. The van der Waals surface area contributed by atoms with Gasteiger partial charge in [0.15, 0.2) is 5.82 Å². The summed E-state index contributed by atoms with van der Waals surface area (Å²) in [4.78, 5) is 12.5. The number of nitrogens with one attached hydrogen (secondary N) is 1. The van der Waals surface area contributed by atoms with Gasteiger partial charge < -0.3 is 0 Å². The van der Waals surface area contributed by atoms with Crippen molar-refractivity contribution in [2.75, 3.05) is 0 Å². The van der Waals surface area contributed by atoms with E-state index in [1.54, 1.807) is 0 Å². The summed E-state index contributed by atoms with van der Waals surface area (Å²) in [7, 11) is 0. The summed E-state index contributed by atoms with van der Waals surface area (Å²) < 4.78 is 4.15. The Morgan fingerprint density at radius 1 is 1.88 bits per heavy atom. The normalized spacial score (nSPS) is 9.62. The lowest BCUT2D eigenvalue weighted by Gasteiger charge is -1.74. The van der Waals surface area contributed by atoms with Gasteiger partial charge in [0.1, 0.15) is 0 Å². The monoisotopic (exact) mass is 113 g/mol. The molecular formula is C4H5N2O2. The number of rotatable bonds is 1. The first-order valence-corrected chi connectivity index (χ1v) is 2.17. The molecule has 0 aliphatic heterocycles.